The van der Waals surface area contributed by atoms with E-state index in [1.165, 1.54) is 17.0 Å². The van der Waals surface area contributed by atoms with E-state index in [1.807, 2.05) is 41.8 Å². The fraction of sp³-hybridized carbons (Fsp3) is 0.280. The normalized spacial score (nSPS) is 16.3. The van der Waals surface area contributed by atoms with Crippen LogP contribution in [0.25, 0.3) is 0 Å². The number of rotatable bonds is 7. The van der Waals surface area contributed by atoms with Gasteiger partial charge in [0.2, 0.25) is 11.8 Å². The van der Waals surface area contributed by atoms with Crippen molar-refractivity contribution in [3.05, 3.63) is 93.4 Å². The van der Waals surface area contributed by atoms with E-state index in [9.17, 15) is 14.0 Å². The van der Waals surface area contributed by atoms with Gasteiger partial charge in [-0.1, -0.05) is 54.1 Å². The third-order valence-electron chi connectivity index (χ3n) is 5.61. The van der Waals surface area contributed by atoms with Crippen molar-refractivity contribution in [2.75, 3.05) is 6.54 Å². The highest BCUT2D eigenvalue weighted by molar-refractivity contribution is 7.10. The lowest BCUT2D eigenvalue weighted by atomic mass is 9.93. The summed E-state index contributed by atoms with van der Waals surface area (Å²) in [5.41, 5.74) is 2.45. The van der Waals surface area contributed by atoms with Crippen molar-refractivity contribution < 1.29 is 14.0 Å². The first-order valence-corrected chi connectivity index (χ1v) is 11.9. The Balaban J connectivity index is 1.38. The molecule has 4 nitrogen and oxygen atoms in total. The molecule has 2 aromatic carbocycles. The molecule has 2 amide bonds. The molecular weight excluding hydrogens is 447 g/mol. The summed E-state index contributed by atoms with van der Waals surface area (Å²) in [4.78, 5) is 28.5. The second kappa shape index (κ2) is 10.3. The topological polar surface area (TPSA) is 49.4 Å². The molecule has 1 aliphatic rings. The molecule has 2 unspecified atom stereocenters. The van der Waals surface area contributed by atoms with Gasteiger partial charge in [-0.2, -0.15) is 0 Å². The quantitative estimate of drug-likeness (QED) is 0.387. The van der Waals surface area contributed by atoms with E-state index in [-0.39, 0.29) is 36.5 Å². The number of amides is 2. The van der Waals surface area contributed by atoms with E-state index < -0.39 is 5.50 Å². The van der Waals surface area contributed by atoms with Crippen LogP contribution in [-0.2, 0) is 22.4 Å². The SMILES string of the molecule is O=C(CCC(=O)N1CCc2sccc2C1c1ccc(F)cc1)NC(Cl)Cc1ccccc1. The van der Waals surface area contributed by atoms with E-state index in [4.69, 9.17) is 11.6 Å². The zero-order valence-electron chi connectivity index (χ0n) is 17.5. The van der Waals surface area contributed by atoms with Gasteiger partial charge >= 0.3 is 0 Å². The second-order valence-corrected chi connectivity index (χ2v) is 9.34. The highest BCUT2D eigenvalue weighted by Gasteiger charge is 2.32. The lowest BCUT2D eigenvalue weighted by molar-refractivity contribution is -0.135. The molecule has 0 bridgehead atoms. The van der Waals surface area contributed by atoms with Gasteiger partial charge in [0.25, 0.3) is 0 Å². The van der Waals surface area contributed by atoms with Gasteiger partial charge in [-0.25, -0.2) is 4.39 Å². The van der Waals surface area contributed by atoms with Crippen LogP contribution in [0.3, 0.4) is 0 Å². The average Bonchev–Trinajstić information content (AvgIpc) is 3.27. The fourth-order valence-corrected chi connectivity index (χ4v) is 5.28. The third-order valence-corrected chi connectivity index (χ3v) is 6.87. The first kappa shape index (κ1) is 22.5. The Kier molecular flexibility index (Phi) is 7.22. The van der Waals surface area contributed by atoms with Crippen molar-refractivity contribution in [1.82, 2.24) is 10.2 Å². The Bertz CT molecular complexity index is 1070. The number of hydrogen-bond donors (Lipinski definition) is 1. The summed E-state index contributed by atoms with van der Waals surface area (Å²) in [5, 5.41) is 4.79. The minimum Gasteiger partial charge on any atom is -0.340 e. The summed E-state index contributed by atoms with van der Waals surface area (Å²) >= 11 is 7.95. The summed E-state index contributed by atoms with van der Waals surface area (Å²) < 4.78 is 13.5. The van der Waals surface area contributed by atoms with Crippen LogP contribution in [-0.4, -0.2) is 28.8 Å². The predicted molar refractivity (Wildman–Crippen MR) is 125 cm³/mol. The van der Waals surface area contributed by atoms with Crippen molar-refractivity contribution in [2.45, 2.75) is 37.2 Å². The molecule has 7 heteroatoms. The van der Waals surface area contributed by atoms with E-state index in [1.54, 1.807) is 28.4 Å². The molecule has 32 heavy (non-hydrogen) atoms. The van der Waals surface area contributed by atoms with Crippen LogP contribution >= 0.6 is 22.9 Å². The van der Waals surface area contributed by atoms with Crippen LogP contribution in [0.15, 0.2) is 66.0 Å². The summed E-state index contributed by atoms with van der Waals surface area (Å²) in [6.07, 6.45) is 1.46. The van der Waals surface area contributed by atoms with E-state index >= 15 is 0 Å². The first-order valence-electron chi connectivity index (χ1n) is 10.6. The van der Waals surface area contributed by atoms with E-state index in [0.717, 1.165) is 23.1 Å². The van der Waals surface area contributed by atoms with Crippen LogP contribution < -0.4 is 5.32 Å². The highest BCUT2D eigenvalue weighted by atomic mass is 35.5. The van der Waals surface area contributed by atoms with Gasteiger partial charge in [0, 0.05) is 30.7 Å². The number of benzene rings is 2. The zero-order chi connectivity index (χ0) is 22.5. The van der Waals surface area contributed by atoms with Gasteiger partial charge in [-0.05, 0) is 46.7 Å². The largest absolute Gasteiger partial charge is 0.340 e. The molecule has 0 saturated carbocycles. The Hall–Kier alpha value is -2.70. The monoisotopic (exact) mass is 470 g/mol. The molecule has 1 N–H and O–H groups in total. The van der Waals surface area contributed by atoms with Crippen LogP contribution in [0.1, 0.15) is 40.5 Å². The molecule has 1 aromatic heterocycles. The Morgan fingerprint density at radius 3 is 2.59 bits per heavy atom. The molecule has 0 fully saturated rings. The number of nitrogens with one attached hydrogen (secondary N) is 1. The Morgan fingerprint density at radius 1 is 1.09 bits per heavy atom. The Morgan fingerprint density at radius 2 is 1.84 bits per heavy atom. The summed E-state index contributed by atoms with van der Waals surface area (Å²) in [6.45, 7) is 0.572. The maximum Gasteiger partial charge on any atom is 0.223 e. The zero-order valence-corrected chi connectivity index (χ0v) is 19.0. The third kappa shape index (κ3) is 5.37. The summed E-state index contributed by atoms with van der Waals surface area (Å²) in [6, 6.07) is 17.7. The molecule has 3 aromatic rings. The van der Waals surface area contributed by atoms with Crippen molar-refractivity contribution >= 4 is 34.8 Å². The molecule has 1 aliphatic heterocycles. The number of fused-ring (bicyclic) bond motifs is 1. The molecule has 0 aliphatic carbocycles. The molecule has 0 saturated heterocycles. The number of halogens is 2. The fourth-order valence-electron chi connectivity index (χ4n) is 4.07. The molecule has 166 valence electrons. The van der Waals surface area contributed by atoms with Crippen molar-refractivity contribution in [3.63, 3.8) is 0 Å². The number of hydrogen-bond acceptors (Lipinski definition) is 3. The van der Waals surface area contributed by atoms with Gasteiger partial charge in [0.05, 0.1) is 6.04 Å². The van der Waals surface area contributed by atoms with Gasteiger partial charge in [0.15, 0.2) is 0 Å². The van der Waals surface area contributed by atoms with Crippen LogP contribution in [0.2, 0.25) is 0 Å². The number of alkyl halides is 1. The van der Waals surface area contributed by atoms with Gasteiger partial charge in [-0.15, -0.1) is 11.3 Å². The van der Waals surface area contributed by atoms with Crippen LogP contribution in [0.5, 0.6) is 0 Å². The molecule has 0 spiro atoms. The Labute approximate surface area is 196 Å². The maximum absolute atomic E-state index is 13.5. The van der Waals surface area contributed by atoms with E-state index in [0.29, 0.717) is 13.0 Å². The van der Waals surface area contributed by atoms with Gasteiger partial charge in [-0.3, -0.25) is 9.59 Å². The standard InChI is InChI=1S/C25H24ClFN2O2S/c26-22(16-17-4-2-1-3-5-17)28-23(30)10-11-24(31)29-14-12-21-20(13-15-32-21)25(29)18-6-8-19(27)9-7-18/h1-9,13,15,22,25H,10-12,14,16H2,(H,28,30). The molecule has 4 rings (SSSR count). The molecule has 2 atom stereocenters. The summed E-state index contributed by atoms with van der Waals surface area (Å²) in [7, 11) is 0. The number of carbonyl (C=O) groups is 2. The molecule has 0 radical (unpaired) electrons. The summed E-state index contributed by atoms with van der Waals surface area (Å²) in [5.74, 6) is -0.655. The lowest BCUT2D eigenvalue weighted by Crippen LogP contribution is -2.41. The first-order chi connectivity index (χ1) is 15.5. The lowest BCUT2D eigenvalue weighted by Gasteiger charge is -2.36. The van der Waals surface area contributed by atoms with E-state index in [2.05, 4.69) is 5.32 Å². The number of nitrogens with zero attached hydrogens (tertiary/aromatic N) is 1. The highest BCUT2D eigenvalue weighted by Crippen LogP contribution is 2.38. The number of carbonyl (C=O) groups excluding carboxylic acids is 2. The minimum atomic E-state index is -0.532. The van der Waals surface area contributed by atoms with Gasteiger partial charge in [0.1, 0.15) is 11.3 Å². The van der Waals surface area contributed by atoms with Crippen molar-refractivity contribution in [1.29, 1.82) is 0 Å². The predicted octanol–water partition coefficient (Wildman–Crippen LogP) is 5.07. The maximum atomic E-state index is 13.5. The second-order valence-electron chi connectivity index (χ2n) is 7.82. The smallest absolute Gasteiger partial charge is 0.223 e. The van der Waals surface area contributed by atoms with Crippen molar-refractivity contribution in [3.8, 4) is 0 Å². The van der Waals surface area contributed by atoms with Crippen LogP contribution in [0, 0.1) is 5.82 Å². The molecular formula is C25H24ClFN2O2S. The van der Waals surface area contributed by atoms with Crippen LogP contribution in [0.4, 0.5) is 4.39 Å². The average molecular weight is 471 g/mol. The van der Waals surface area contributed by atoms with Crippen molar-refractivity contribution in [2.24, 2.45) is 0 Å². The van der Waals surface area contributed by atoms with Gasteiger partial charge < -0.3 is 10.2 Å². The minimum absolute atomic E-state index is 0.0694. The molecule has 2 heterocycles. The number of thiophene rings is 1.